The minimum Gasteiger partial charge on any atom is -0.619 e. The monoisotopic (exact) mass is 518 g/mol. The first-order valence-electron chi connectivity index (χ1n) is 10.7. The largest absolute Gasteiger partial charge is 0.619 e. The van der Waals surface area contributed by atoms with Gasteiger partial charge in [-0.2, -0.15) is 4.73 Å². The maximum absolute atomic E-state index is 12.4. The molecule has 7 nitrogen and oxygen atoms in total. The molecule has 0 radical (unpaired) electrons. The maximum atomic E-state index is 12.4. The Morgan fingerprint density at radius 2 is 1.64 bits per heavy atom. The molecule has 0 saturated carbocycles. The van der Waals surface area contributed by atoms with Crippen molar-refractivity contribution < 1.29 is 14.3 Å². The highest BCUT2D eigenvalue weighted by molar-refractivity contribution is 6.32. The third-order valence-electron chi connectivity index (χ3n) is 4.88. The Hall–Kier alpha value is -4.33. The van der Waals surface area contributed by atoms with E-state index in [0.717, 1.165) is 5.56 Å². The third-order valence-corrected chi connectivity index (χ3v) is 5.44. The Kier molecular flexibility index (Phi) is 7.85. The van der Waals surface area contributed by atoms with Crippen LogP contribution in [-0.2, 0) is 4.79 Å². The molecule has 4 rings (SSSR count). The molecule has 0 fully saturated rings. The van der Waals surface area contributed by atoms with Gasteiger partial charge in [0.25, 0.3) is 0 Å². The Balaban J connectivity index is 1.39. The molecule has 0 spiro atoms. The summed E-state index contributed by atoms with van der Waals surface area (Å²) >= 11 is 12.3. The second-order valence-corrected chi connectivity index (χ2v) is 8.44. The number of ether oxygens (including phenoxy) is 1. The molecule has 1 heterocycles. The van der Waals surface area contributed by atoms with Gasteiger partial charge in [-0.15, -0.1) is 0 Å². The minimum absolute atomic E-state index is 0.122. The summed E-state index contributed by atoms with van der Waals surface area (Å²) < 4.78 is 6.31. The van der Waals surface area contributed by atoms with E-state index in [4.69, 9.17) is 33.3 Å². The van der Waals surface area contributed by atoms with E-state index in [9.17, 15) is 10.0 Å². The molecule has 0 aliphatic rings. The van der Waals surface area contributed by atoms with Gasteiger partial charge in [0.1, 0.15) is 11.6 Å². The highest BCUT2D eigenvalue weighted by atomic mass is 35.5. The SMILES string of the molecule is N=C(Nc1cc(Cl)cc(NC(=O)C=Cc2ccccc2Cl)c1)c1ccc(Oc2ccc[n+]([O-])c2)cc1. The molecule has 36 heavy (non-hydrogen) atoms. The number of pyridine rings is 1. The number of hydrogen-bond donors (Lipinski definition) is 3. The van der Waals surface area contributed by atoms with Gasteiger partial charge in [-0.1, -0.05) is 41.4 Å². The fourth-order valence-electron chi connectivity index (χ4n) is 3.23. The minimum atomic E-state index is -0.352. The molecule has 0 aliphatic heterocycles. The van der Waals surface area contributed by atoms with Crippen LogP contribution in [0.25, 0.3) is 6.08 Å². The van der Waals surface area contributed by atoms with E-state index in [0.29, 0.717) is 43.2 Å². The van der Waals surface area contributed by atoms with Crippen LogP contribution in [0.1, 0.15) is 11.1 Å². The number of carbonyl (C=O) groups is 1. The normalized spacial score (nSPS) is 10.7. The summed E-state index contributed by atoms with van der Waals surface area (Å²) in [6, 6.07) is 22.2. The second-order valence-electron chi connectivity index (χ2n) is 7.60. The third kappa shape index (κ3) is 6.85. The average molecular weight is 519 g/mol. The molecule has 0 unspecified atom stereocenters. The summed E-state index contributed by atoms with van der Waals surface area (Å²) in [6.45, 7) is 0. The molecule has 3 N–H and O–H groups in total. The molecule has 9 heteroatoms. The van der Waals surface area contributed by atoms with E-state index in [1.165, 1.54) is 18.5 Å². The van der Waals surface area contributed by atoms with E-state index in [1.54, 1.807) is 72.8 Å². The Morgan fingerprint density at radius 3 is 2.36 bits per heavy atom. The Bertz CT molecular complexity index is 1440. The predicted octanol–water partition coefficient (Wildman–Crippen LogP) is 6.51. The number of carbonyl (C=O) groups excluding carboxylic acids is 1. The van der Waals surface area contributed by atoms with Crippen molar-refractivity contribution in [2.24, 2.45) is 0 Å². The van der Waals surface area contributed by atoms with Crippen LogP contribution in [-0.4, -0.2) is 11.7 Å². The number of amides is 1. The number of halogens is 2. The summed E-state index contributed by atoms with van der Waals surface area (Å²) in [7, 11) is 0. The lowest BCUT2D eigenvalue weighted by atomic mass is 10.2. The van der Waals surface area contributed by atoms with Gasteiger partial charge in [0, 0.05) is 39.1 Å². The fourth-order valence-corrected chi connectivity index (χ4v) is 3.66. The summed E-state index contributed by atoms with van der Waals surface area (Å²) in [4.78, 5) is 12.4. The van der Waals surface area contributed by atoms with Gasteiger partial charge in [0.05, 0.1) is 0 Å². The summed E-state index contributed by atoms with van der Waals surface area (Å²) in [6.07, 6.45) is 5.69. The van der Waals surface area contributed by atoms with E-state index in [1.807, 2.05) is 12.1 Å². The first-order valence-corrected chi connectivity index (χ1v) is 11.5. The topological polar surface area (TPSA) is 101 Å². The molecule has 0 atom stereocenters. The molecule has 180 valence electrons. The summed E-state index contributed by atoms with van der Waals surface area (Å²) in [5, 5.41) is 26.4. The lowest BCUT2D eigenvalue weighted by Crippen LogP contribution is -2.23. The van der Waals surface area contributed by atoms with Crippen LogP contribution in [0, 0.1) is 10.6 Å². The molecule has 1 aromatic heterocycles. The first kappa shape index (κ1) is 24.8. The van der Waals surface area contributed by atoms with Gasteiger partial charge >= 0.3 is 0 Å². The highest BCUT2D eigenvalue weighted by Crippen LogP contribution is 2.25. The van der Waals surface area contributed by atoms with E-state index < -0.39 is 0 Å². The molecular weight excluding hydrogens is 499 g/mol. The van der Waals surface area contributed by atoms with Crippen molar-refractivity contribution in [1.29, 1.82) is 5.41 Å². The van der Waals surface area contributed by atoms with Crippen molar-refractivity contribution >= 4 is 52.4 Å². The lowest BCUT2D eigenvalue weighted by Gasteiger charge is -2.12. The van der Waals surface area contributed by atoms with Crippen molar-refractivity contribution in [2.45, 2.75) is 0 Å². The average Bonchev–Trinajstić information content (AvgIpc) is 2.83. The van der Waals surface area contributed by atoms with Crippen LogP contribution in [0.15, 0.2) is 97.3 Å². The molecule has 4 aromatic rings. The molecule has 3 aromatic carbocycles. The van der Waals surface area contributed by atoms with Crippen LogP contribution in [0.5, 0.6) is 11.5 Å². The summed E-state index contributed by atoms with van der Waals surface area (Å²) in [5.74, 6) is 0.700. The van der Waals surface area contributed by atoms with Crippen molar-refractivity contribution in [3.63, 3.8) is 0 Å². The molecular formula is C27H20Cl2N4O3. The van der Waals surface area contributed by atoms with Crippen molar-refractivity contribution in [1.82, 2.24) is 0 Å². The number of hydrogen-bond acceptors (Lipinski definition) is 4. The first-order chi connectivity index (χ1) is 17.4. The van der Waals surface area contributed by atoms with Crippen LogP contribution < -0.4 is 20.1 Å². The lowest BCUT2D eigenvalue weighted by molar-refractivity contribution is -0.605. The number of amidine groups is 1. The number of nitrogens with zero attached hydrogens (tertiary/aromatic N) is 1. The molecule has 0 aliphatic carbocycles. The van der Waals surface area contributed by atoms with Gasteiger partial charge in [-0.3, -0.25) is 10.2 Å². The van der Waals surface area contributed by atoms with Crippen LogP contribution in [0.4, 0.5) is 11.4 Å². The van der Waals surface area contributed by atoms with E-state index in [2.05, 4.69) is 10.6 Å². The van der Waals surface area contributed by atoms with Gasteiger partial charge in [-0.25, -0.2) is 0 Å². The molecule has 0 saturated heterocycles. The number of anilines is 2. The smallest absolute Gasteiger partial charge is 0.248 e. The standard InChI is InChI=1S/C27H20Cl2N4O3/c28-20-14-21(31-26(34)12-9-18-4-1-2-6-25(18)29)16-22(15-20)32-27(30)19-7-10-23(11-8-19)36-24-5-3-13-33(35)17-24/h1-17H,(H2,30,32)(H,31,34). The zero-order valence-corrected chi connectivity index (χ0v) is 20.3. The number of nitrogens with one attached hydrogen (secondary N) is 3. The van der Waals surface area contributed by atoms with E-state index >= 15 is 0 Å². The molecule has 1 amide bonds. The zero-order chi connectivity index (χ0) is 25.5. The Morgan fingerprint density at radius 1 is 0.917 bits per heavy atom. The van der Waals surface area contributed by atoms with Crippen molar-refractivity contribution in [2.75, 3.05) is 10.6 Å². The van der Waals surface area contributed by atoms with Crippen LogP contribution >= 0.6 is 23.2 Å². The zero-order valence-electron chi connectivity index (χ0n) is 18.7. The number of aromatic nitrogens is 1. The predicted molar refractivity (Wildman–Crippen MR) is 143 cm³/mol. The maximum Gasteiger partial charge on any atom is 0.248 e. The van der Waals surface area contributed by atoms with E-state index in [-0.39, 0.29) is 11.7 Å². The quantitative estimate of drug-likeness (QED) is 0.0852. The van der Waals surface area contributed by atoms with Gasteiger partial charge in [-0.05, 0) is 66.2 Å². The van der Waals surface area contributed by atoms with Crippen LogP contribution in [0.2, 0.25) is 10.0 Å². The van der Waals surface area contributed by atoms with Crippen LogP contribution in [0.3, 0.4) is 0 Å². The molecule has 0 bridgehead atoms. The summed E-state index contributed by atoms with van der Waals surface area (Å²) in [5.41, 5.74) is 2.32. The van der Waals surface area contributed by atoms with Gasteiger partial charge < -0.3 is 20.6 Å². The van der Waals surface area contributed by atoms with Gasteiger partial charge in [0.15, 0.2) is 11.9 Å². The highest BCUT2D eigenvalue weighted by Gasteiger charge is 2.08. The fraction of sp³-hybridized carbons (Fsp3) is 0. The van der Waals surface area contributed by atoms with Gasteiger partial charge in [0.2, 0.25) is 12.1 Å². The number of benzene rings is 3. The second kappa shape index (κ2) is 11.4. The number of rotatable bonds is 7. The van der Waals surface area contributed by atoms with Crippen molar-refractivity contribution in [3.8, 4) is 11.5 Å². The van der Waals surface area contributed by atoms with Crippen molar-refractivity contribution in [3.05, 3.63) is 124 Å². The Labute approximate surface area is 217 Å².